The summed E-state index contributed by atoms with van der Waals surface area (Å²) >= 11 is 0. The van der Waals surface area contributed by atoms with Crippen LogP contribution in [0.1, 0.15) is 12.5 Å². The predicted octanol–water partition coefficient (Wildman–Crippen LogP) is 0.758. The second kappa shape index (κ2) is 5.54. The normalized spacial score (nSPS) is 10.4. The van der Waals surface area contributed by atoms with E-state index in [1.165, 1.54) is 0 Å². The maximum Gasteiger partial charge on any atom is 0.232 e. The molecule has 0 heterocycles. The molecule has 0 saturated heterocycles. The topological polar surface area (TPSA) is 72.2 Å². The summed E-state index contributed by atoms with van der Waals surface area (Å²) in [5, 5.41) is 0. The first-order valence-corrected chi connectivity index (χ1v) is 6.52. The van der Waals surface area contributed by atoms with Crippen LogP contribution in [0.2, 0.25) is 0 Å². The summed E-state index contributed by atoms with van der Waals surface area (Å²) in [6.07, 6.45) is 0. The van der Waals surface area contributed by atoms with E-state index in [0.717, 1.165) is 5.56 Å². The van der Waals surface area contributed by atoms with Crippen LogP contribution in [-0.4, -0.2) is 20.7 Å². The lowest BCUT2D eigenvalue weighted by atomic mass is 10.2. The maximum absolute atomic E-state index is 11.3. The molecule has 0 unspecified atom stereocenters. The van der Waals surface area contributed by atoms with Crippen molar-refractivity contribution in [3.8, 4) is 11.8 Å². The van der Waals surface area contributed by atoms with Gasteiger partial charge in [-0.3, -0.25) is 4.72 Å². The molecule has 0 aliphatic carbocycles. The van der Waals surface area contributed by atoms with Gasteiger partial charge in [-0.2, -0.15) is 0 Å². The van der Waals surface area contributed by atoms with Gasteiger partial charge < -0.3 is 5.73 Å². The Morgan fingerprint density at radius 2 is 1.94 bits per heavy atom. The number of hydrogen-bond donors (Lipinski definition) is 2. The zero-order chi connectivity index (χ0) is 12.0. The maximum atomic E-state index is 11.3. The summed E-state index contributed by atoms with van der Waals surface area (Å²) in [6, 6.07) is 6.84. The van der Waals surface area contributed by atoms with E-state index in [9.17, 15) is 8.42 Å². The third-order valence-corrected chi connectivity index (χ3v) is 3.18. The van der Waals surface area contributed by atoms with Crippen molar-refractivity contribution >= 4 is 15.7 Å². The fraction of sp³-hybridized carbons (Fsp3) is 0.273. The van der Waals surface area contributed by atoms with E-state index in [1.54, 1.807) is 31.2 Å². The van der Waals surface area contributed by atoms with Crippen molar-refractivity contribution in [1.29, 1.82) is 0 Å². The van der Waals surface area contributed by atoms with Crippen molar-refractivity contribution in [3.05, 3.63) is 29.8 Å². The summed E-state index contributed by atoms with van der Waals surface area (Å²) in [5.41, 5.74) is 6.59. The smallest absolute Gasteiger partial charge is 0.232 e. The quantitative estimate of drug-likeness (QED) is 0.764. The van der Waals surface area contributed by atoms with Crippen LogP contribution in [0, 0.1) is 11.8 Å². The van der Waals surface area contributed by atoms with Gasteiger partial charge in [0.2, 0.25) is 10.0 Å². The molecule has 0 fully saturated rings. The van der Waals surface area contributed by atoms with Crippen molar-refractivity contribution in [2.45, 2.75) is 6.92 Å². The second-order valence-electron chi connectivity index (χ2n) is 3.09. The molecule has 0 aliphatic rings. The summed E-state index contributed by atoms with van der Waals surface area (Å²) in [5.74, 6) is 5.64. The standard InChI is InChI=1S/C11H14N2O2S/c1-2-16(14,15)13-11-7-5-10(6-8-11)4-3-9-12/h5-8,13H,2,9,12H2,1H3. The van der Waals surface area contributed by atoms with Crippen molar-refractivity contribution in [2.75, 3.05) is 17.0 Å². The van der Waals surface area contributed by atoms with E-state index in [4.69, 9.17) is 5.73 Å². The highest BCUT2D eigenvalue weighted by molar-refractivity contribution is 7.92. The minimum absolute atomic E-state index is 0.0573. The zero-order valence-corrected chi connectivity index (χ0v) is 9.84. The van der Waals surface area contributed by atoms with Crippen molar-refractivity contribution in [2.24, 2.45) is 5.73 Å². The van der Waals surface area contributed by atoms with E-state index in [-0.39, 0.29) is 5.75 Å². The van der Waals surface area contributed by atoms with Gasteiger partial charge in [0, 0.05) is 11.3 Å². The Kier molecular flexibility index (Phi) is 4.35. The van der Waals surface area contributed by atoms with E-state index < -0.39 is 10.0 Å². The first-order valence-electron chi connectivity index (χ1n) is 4.87. The second-order valence-corrected chi connectivity index (χ2v) is 5.10. The molecule has 1 aromatic carbocycles. The summed E-state index contributed by atoms with van der Waals surface area (Å²) in [4.78, 5) is 0. The van der Waals surface area contributed by atoms with Crippen LogP contribution in [0.25, 0.3) is 0 Å². The van der Waals surface area contributed by atoms with Gasteiger partial charge in [-0.15, -0.1) is 0 Å². The van der Waals surface area contributed by atoms with E-state index >= 15 is 0 Å². The van der Waals surface area contributed by atoms with Gasteiger partial charge in [0.15, 0.2) is 0 Å². The lowest BCUT2D eigenvalue weighted by molar-refractivity contribution is 0.602. The Morgan fingerprint density at radius 1 is 1.31 bits per heavy atom. The van der Waals surface area contributed by atoms with Crippen molar-refractivity contribution in [3.63, 3.8) is 0 Å². The molecule has 0 amide bonds. The monoisotopic (exact) mass is 238 g/mol. The number of hydrogen-bond acceptors (Lipinski definition) is 3. The fourth-order valence-corrected chi connectivity index (χ4v) is 1.67. The fourth-order valence-electron chi connectivity index (χ4n) is 1.03. The summed E-state index contributed by atoms with van der Waals surface area (Å²) in [7, 11) is -3.21. The predicted molar refractivity (Wildman–Crippen MR) is 65.5 cm³/mol. The molecule has 3 N–H and O–H groups in total. The lowest BCUT2D eigenvalue weighted by Gasteiger charge is -2.05. The molecule has 0 spiro atoms. The number of nitrogens with two attached hydrogens (primary N) is 1. The van der Waals surface area contributed by atoms with Gasteiger partial charge in [-0.25, -0.2) is 8.42 Å². The van der Waals surface area contributed by atoms with Crippen LogP contribution in [0.5, 0.6) is 0 Å². The minimum Gasteiger partial charge on any atom is -0.320 e. The largest absolute Gasteiger partial charge is 0.320 e. The first-order chi connectivity index (χ1) is 7.57. The highest BCUT2D eigenvalue weighted by Crippen LogP contribution is 2.10. The molecule has 0 radical (unpaired) electrons. The van der Waals surface area contributed by atoms with E-state index in [2.05, 4.69) is 16.6 Å². The van der Waals surface area contributed by atoms with Gasteiger partial charge in [0.05, 0.1) is 12.3 Å². The number of rotatable bonds is 3. The molecule has 0 bridgehead atoms. The molecule has 5 heteroatoms. The molecule has 0 aliphatic heterocycles. The first kappa shape index (κ1) is 12.6. The van der Waals surface area contributed by atoms with Gasteiger partial charge in [0.25, 0.3) is 0 Å². The average Bonchev–Trinajstić information content (AvgIpc) is 2.28. The van der Waals surface area contributed by atoms with Gasteiger partial charge in [-0.1, -0.05) is 11.8 Å². The Morgan fingerprint density at radius 3 is 2.44 bits per heavy atom. The lowest BCUT2D eigenvalue weighted by Crippen LogP contribution is -2.14. The number of sulfonamides is 1. The minimum atomic E-state index is -3.21. The Bertz CT molecular complexity index is 495. The Hall–Kier alpha value is -1.51. The zero-order valence-electron chi connectivity index (χ0n) is 9.03. The van der Waals surface area contributed by atoms with Gasteiger partial charge >= 0.3 is 0 Å². The molecule has 1 aromatic rings. The third-order valence-electron chi connectivity index (χ3n) is 1.87. The van der Waals surface area contributed by atoms with E-state index in [1.807, 2.05) is 0 Å². The molecule has 0 atom stereocenters. The highest BCUT2D eigenvalue weighted by atomic mass is 32.2. The number of benzene rings is 1. The van der Waals surface area contributed by atoms with Crippen LogP contribution in [0.4, 0.5) is 5.69 Å². The molecule has 1 rings (SSSR count). The van der Waals surface area contributed by atoms with Crippen LogP contribution in [0.3, 0.4) is 0 Å². The van der Waals surface area contributed by atoms with Crippen LogP contribution < -0.4 is 10.5 Å². The van der Waals surface area contributed by atoms with Gasteiger partial charge in [-0.05, 0) is 31.2 Å². The van der Waals surface area contributed by atoms with Crippen LogP contribution in [-0.2, 0) is 10.0 Å². The highest BCUT2D eigenvalue weighted by Gasteiger charge is 2.05. The summed E-state index contributed by atoms with van der Waals surface area (Å²) in [6.45, 7) is 1.90. The molecular weight excluding hydrogens is 224 g/mol. The molecule has 16 heavy (non-hydrogen) atoms. The van der Waals surface area contributed by atoms with Crippen molar-refractivity contribution < 1.29 is 8.42 Å². The Labute approximate surface area is 95.9 Å². The summed E-state index contributed by atoms with van der Waals surface area (Å²) < 4.78 is 25.0. The van der Waals surface area contributed by atoms with Gasteiger partial charge in [0.1, 0.15) is 0 Å². The third kappa shape index (κ3) is 3.93. The molecular formula is C11H14N2O2S. The number of nitrogens with one attached hydrogen (secondary N) is 1. The van der Waals surface area contributed by atoms with E-state index in [0.29, 0.717) is 12.2 Å². The molecule has 86 valence electrons. The molecule has 0 aromatic heterocycles. The van der Waals surface area contributed by atoms with Crippen LogP contribution in [0.15, 0.2) is 24.3 Å². The Balaban J connectivity index is 2.80. The molecule has 0 saturated carbocycles. The average molecular weight is 238 g/mol. The van der Waals surface area contributed by atoms with Crippen molar-refractivity contribution in [1.82, 2.24) is 0 Å². The number of anilines is 1. The molecule has 4 nitrogen and oxygen atoms in total. The SMILES string of the molecule is CCS(=O)(=O)Nc1ccc(C#CCN)cc1. The van der Waals surface area contributed by atoms with Crippen LogP contribution >= 0.6 is 0 Å².